The van der Waals surface area contributed by atoms with Crippen molar-refractivity contribution >= 4 is 131 Å². The Morgan fingerprint density at radius 3 is 0.754 bits per heavy atom. The van der Waals surface area contributed by atoms with Gasteiger partial charge in [-0.3, -0.25) is 13.7 Å². The van der Waals surface area contributed by atoms with Gasteiger partial charge in [0.1, 0.15) is 34.9 Å². The molecular weight excluding hydrogens is 1690 g/mol. The molecule has 0 fully saturated rings. The van der Waals surface area contributed by atoms with Crippen molar-refractivity contribution in [1.29, 1.82) is 15.8 Å². The summed E-state index contributed by atoms with van der Waals surface area (Å²) in [5, 5.41) is 45.9. The third-order valence-corrected chi connectivity index (χ3v) is 26.3. The van der Waals surface area contributed by atoms with E-state index in [1.807, 2.05) is 218 Å². The van der Waals surface area contributed by atoms with E-state index in [0.717, 1.165) is 154 Å². The minimum atomic E-state index is 0.428. The Morgan fingerprint density at radius 2 is 0.399 bits per heavy atom. The van der Waals surface area contributed by atoms with Gasteiger partial charge in [-0.2, -0.15) is 15.8 Å². The lowest BCUT2D eigenvalue weighted by molar-refractivity contribution is 1.04. The number of nitrogens with zero attached hydrogens (tertiary/aromatic N) is 15. The molecule has 15 heteroatoms. The molecule has 0 spiro atoms. The predicted molar refractivity (Wildman–Crippen MR) is 559 cm³/mol. The first kappa shape index (κ1) is 80.5. The number of fused-ring (bicyclic) bond motifs is 20. The Hall–Kier alpha value is -19.5. The van der Waals surface area contributed by atoms with Crippen LogP contribution in [0.1, 0.15) is 16.7 Å². The topological polar surface area (TPSA) is 178 Å². The van der Waals surface area contributed by atoms with Crippen LogP contribution in [0.15, 0.2) is 455 Å². The number of benzene rings is 18. The van der Waals surface area contributed by atoms with Crippen LogP contribution in [0, 0.1) is 34.0 Å². The van der Waals surface area contributed by atoms with Crippen molar-refractivity contribution in [3.05, 3.63) is 472 Å². The molecule has 138 heavy (non-hydrogen) atoms. The van der Waals surface area contributed by atoms with Gasteiger partial charge >= 0.3 is 0 Å². The van der Waals surface area contributed by atoms with Crippen molar-refractivity contribution in [2.75, 3.05) is 0 Å². The van der Waals surface area contributed by atoms with Crippen molar-refractivity contribution in [2.45, 2.75) is 0 Å². The highest BCUT2D eigenvalue weighted by Gasteiger charge is 2.31. The first-order valence-corrected chi connectivity index (χ1v) is 45.8. The first-order valence-electron chi connectivity index (χ1n) is 45.8. The van der Waals surface area contributed by atoms with Gasteiger partial charge in [0.15, 0.2) is 34.9 Å². The number of hydrogen-bond acceptors (Lipinski definition) is 9. The molecule has 15 nitrogen and oxygen atoms in total. The van der Waals surface area contributed by atoms with Crippen LogP contribution < -0.4 is 0 Å². The van der Waals surface area contributed by atoms with Gasteiger partial charge in [0.25, 0.3) is 0 Å². The zero-order valence-corrected chi connectivity index (χ0v) is 74.0. The van der Waals surface area contributed by atoms with E-state index in [2.05, 4.69) is 282 Å². The van der Waals surface area contributed by atoms with Gasteiger partial charge in [0.2, 0.25) is 0 Å². The molecule has 0 aliphatic carbocycles. The van der Waals surface area contributed by atoms with Crippen LogP contribution in [0.2, 0.25) is 0 Å². The zero-order chi connectivity index (χ0) is 91.8. The van der Waals surface area contributed by atoms with Crippen molar-refractivity contribution in [3.8, 4) is 121 Å². The Bertz CT molecular complexity index is 9460. The van der Waals surface area contributed by atoms with Crippen LogP contribution >= 0.6 is 0 Å². The summed E-state index contributed by atoms with van der Waals surface area (Å²) in [5.41, 5.74) is 24.4. The molecule has 0 saturated carbocycles. The summed E-state index contributed by atoms with van der Waals surface area (Å²) < 4.78 is 13.5. The molecule has 18 aromatic carbocycles. The van der Waals surface area contributed by atoms with Crippen LogP contribution in [-0.2, 0) is 0 Å². The summed E-state index contributed by atoms with van der Waals surface area (Å²) in [4.78, 5) is 30.5. The highest BCUT2D eigenvalue weighted by Crippen LogP contribution is 2.48. The minimum absolute atomic E-state index is 0.428. The second kappa shape index (κ2) is 33.7. The SMILES string of the molecule is N#Cc1c(-c2ccccc2)nc(-c2ccccc2)nc1-n1c2ccccc2c2c1ccc1c3ccccc3n(-c3ccccc3)c12.N#Cc1c(-c2ccccc2)nc(-c2ccccc2)nc1-n1c2ccccc2c2c3c4ccccc4n(-c4ccccc4)c3ccc21.N#Cc1c(-c2ccccc2)nc(-c2ccccc2)nc1-n1c2ccccc2c2cc3c(cc21)c1ccccc1n3-c1ccccc1. The number of rotatable bonds is 12. The Balaban J connectivity index is 0.000000110. The molecule has 9 heterocycles. The highest BCUT2D eigenvalue weighted by atomic mass is 15.1. The molecule has 0 amide bonds. The average Bonchev–Trinajstić information content (AvgIpc) is 1.50. The molecule has 0 saturated heterocycles. The number of hydrogen-bond donors (Lipinski definition) is 0. The highest BCUT2D eigenvalue weighted by molar-refractivity contribution is 6.30. The molecule has 0 aliphatic rings. The summed E-state index contributed by atoms with van der Waals surface area (Å²) in [5.74, 6) is 3.39. The van der Waals surface area contributed by atoms with E-state index in [1.54, 1.807) is 0 Å². The summed E-state index contributed by atoms with van der Waals surface area (Å²) in [6, 6.07) is 163. The molecule has 0 radical (unpaired) electrons. The maximum Gasteiger partial charge on any atom is 0.162 e. The van der Waals surface area contributed by atoms with Gasteiger partial charge in [0, 0.05) is 115 Å². The summed E-state index contributed by atoms with van der Waals surface area (Å²) in [6.07, 6.45) is 0. The summed E-state index contributed by atoms with van der Waals surface area (Å²) in [6.45, 7) is 0. The lowest BCUT2D eigenvalue weighted by Gasteiger charge is -2.14. The Labute approximate surface area is 791 Å². The van der Waals surface area contributed by atoms with E-state index < -0.39 is 0 Å². The van der Waals surface area contributed by atoms with Gasteiger partial charge in [-0.05, 0) is 103 Å². The van der Waals surface area contributed by atoms with E-state index in [0.29, 0.717) is 68.7 Å². The maximum absolute atomic E-state index is 10.8. The van der Waals surface area contributed by atoms with Crippen LogP contribution in [0.5, 0.6) is 0 Å². The molecular formula is C123H75N15. The van der Waals surface area contributed by atoms with E-state index in [9.17, 15) is 15.8 Å². The van der Waals surface area contributed by atoms with Crippen molar-refractivity contribution in [3.63, 3.8) is 0 Å². The fourth-order valence-electron chi connectivity index (χ4n) is 20.4. The number of para-hydroxylation sites is 9. The quantitative estimate of drug-likeness (QED) is 0.115. The summed E-state index contributed by atoms with van der Waals surface area (Å²) in [7, 11) is 0. The molecule has 27 rings (SSSR count). The van der Waals surface area contributed by atoms with Gasteiger partial charge in [-0.15, -0.1) is 0 Å². The van der Waals surface area contributed by atoms with Gasteiger partial charge in [0.05, 0.1) is 83.3 Å². The second-order valence-electron chi connectivity index (χ2n) is 34.0. The first-order chi connectivity index (χ1) is 68.4. The Kier molecular flexibility index (Phi) is 19.7. The zero-order valence-electron chi connectivity index (χ0n) is 74.0. The average molecular weight is 1760 g/mol. The second-order valence-corrected chi connectivity index (χ2v) is 34.0. The van der Waals surface area contributed by atoms with Crippen molar-refractivity contribution in [2.24, 2.45) is 0 Å². The number of aromatic nitrogens is 12. The van der Waals surface area contributed by atoms with Crippen LogP contribution in [0.25, 0.3) is 233 Å². The Morgan fingerprint density at radius 1 is 0.167 bits per heavy atom. The fraction of sp³-hybridized carbons (Fsp3) is 0. The van der Waals surface area contributed by atoms with Crippen molar-refractivity contribution in [1.82, 2.24) is 57.3 Å². The number of nitriles is 3. The maximum atomic E-state index is 10.8. The fourth-order valence-corrected chi connectivity index (χ4v) is 20.4. The minimum Gasteiger partial charge on any atom is -0.309 e. The molecule has 27 aromatic rings. The smallest absolute Gasteiger partial charge is 0.162 e. The van der Waals surface area contributed by atoms with Crippen LogP contribution in [0.4, 0.5) is 0 Å². The summed E-state index contributed by atoms with van der Waals surface area (Å²) >= 11 is 0. The molecule has 642 valence electrons. The normalized spacial score (nSPS) is 11.5. The third kappa shape index (κ3) is 13.2. The monoisotopic (exact) mass is 1760 g/mol. The predicted octanol–water partition coefficient (Wildman–Crippen LogP) is 29.6. The molecule has 0 unspecified atom stereocenters. The van der Waals surface area contributed by atoms with E-state index >= 15 is 0 Å². The lowest BCUT2D eigenvalue weighted by atomic mass is 10.1. The van der Waals surface area contributed by atoms with E-state index in [4.69, 9.17) is 29.9 Å². The molecule has 0 aliphatic heterocycles. The third-order valence-electron chi connectivity index (χ3n) is 26.3. The van der Waals surface area contributed by atoms with E-state index in [-0.39, 0.29) is 0 Å². The standard InChI is InChI=1S/3C41H25N5/c42-26-34-39(27-14-4-1-5-15-27)43-40(28-16-6-2-7-17-28)44-41(34)46-36-23-13-11-21-31(36)33-24-37-32(25-38(33)46)30-20-10-12-22-35(30)45(37)29-18-8-3-9-19-29;42-26-33-38(27-14-4-1-5-15-27)43-40(28-16-6-2-7-17-28)44-41(33)46-35-23-13-11-21-32(35)37-36(46)25-24-31-30-20-10-12-22-34(30)45(39(31)37)29-18-8-3-9-19-29;42-26-32-39(27-14-4-1-5-15-27)43-40(28-16-6-2-7-17-28)44-41(32)46-34-23-13-11-21-31(34)38-36(46)25-24-35-37(38)30-20-10-12-22-33(30)45(35)29-18-8-3-9-19-29/h3*1-25H. The molecule has 0 bridgehead atoms. The lowest BCUT2D eigenvalue weighted by Crippen LogP contribution is -2.07. The largest absolute Gasteiger partial charge is 0.309 e. The van der Waals surface area contributed by atoms with Crippen molar-refractivity contribution < 1.29 is 0 Å². The van der Waals surface area contributed by atoms with Crippen LogP contribution in [-0.4, -0.2) is 57.3 Å². The molecule has 0 N–H and O–H groups in total. The van der Waals surface area contributed by atoms with Gasteiger partial charge < -0.3 is 13.7 Å². The molecule has 9 aromatic heterocycles. The van der Waals surface area contributed by atoms with Gasteiger partial charge in [-0.25, -0.2) is 29.9 Å². The van der Waals surface area contributed by atoms with E-state index in [1.165, 1.54) is 26.9 Å². The van der Waals surface area contributed by atoms with Crippen LogP contribution in [0.3, 0.4) is 0 Å². The molecule has 0 atom stereocenters. The van der Waals surface area contributed by atoms with Gasteiger partial charge in [-0.1, -0.05) is 352 Å².